The maximum absolute atomic E-state index is 12.2. The largest absolute Gasteiger partial charge is 0.353 e. The lowest BCUT2D eigenvalue weighted by Gasteiger charge is -2.11. The number of H-pyrrole nitrogens is 2. The van der Waals surface area contributed by atoms with Crippen LogP contribution in [0.15, 0.2) is 41.9 Å². The van der Waals surface area contributed by atoms with Gasteiger partial charge >= 0.3 is 0 Å². The van der Waals surface area contributed by atoms with Gasteiger partial charge < -0.3 is 10.3 Å². The van der Waals surface area contributed by atoms with Crippen LogP contribution in [-0.2, 0) is 12.8 Å². The monoisotopic (exact) mass is 334 g/mol. The number of aromatic nitrogens is 3. The normalized spacial score (nSPS) is 12.8. The first kappa shape index (κ1) is 13.6. The van der Waals surface area contributed by atoms with E-state index < -0.39 is 0 Å². The maximum atomic E-state index is 12.2. The second kappa shape index (κ2) is 5.07. The summed E-state index contributed by atoms with van der Waals surface area (Å²) in [6.45, 7) is 0. The summed E-state index contributed by atoms with van der Waals surface area (Å²) in [5.74, 6) is -0.0652. The third kappa shape index (κ3) is 2.00. The molecule has 6 heteroatoms. The zero-order chi connectivity index (χ0) is 16.1. The van der Waals surface area contributed by atoms with Gasteiger partial charge in [0.1, 0.15) is 0 Å². The van der Waals surface area contributed by atoms with Crippen LogP contribution in [0.5, 0.6) is 0 Å². The SMILES string of the molecule is O=C(Nc1ccc2[nH]c3c(c2c1)CCc1cn[nH]c1-3)c1cccs1. The van der Waals surface area contributed by atoms with Crippen molar-refractivity contribution in [2.24, 2.45) is 0 Å². The molecule has 3 aromatic heterocycles. The summed E-state index contributed by atoms with van der Waals surface area (Å²) in [5, 5.41) is 13.3. The number of fused-ring (bicyclic) bond motifs is 5. The summed E-state index contributed by atoms with van der Waals surface area (Å²) in [5.41, 5.74) is 6.63. The number of nitrogens with zero attached hydrogens (tertiary/aromatic N) is 1. The standard InChI is InChI=1S/C18H14N4OS/c23-18(15-2-1-7-24-15)20-11-4-6-14-13(8-11)12-5-3-10-9-19-22-16(10)17(12)21-14/h1-2,4,6-9,21H,3,5H2,(H,19,22)(H,20,23). The second-order valence-electron chi connectivity index (χ2n) is 5.94. The Kier molecular flexibility index (Phi) is 2.87. The van der Waals surface area contributed by atoms with Gasteiger partial charge in [-0.05, 0) is 53.6 Å². The molecule has 1 aromatic carbocycles. The van der Waals surface area contributed by atoms with E-state index in [0.29, 0.717) is 4.88 Å². The molecular formula is C18H14N4OS. The molecular weight excluding hydrogens is 320 g/mol. The van der Waals surface area contributed by atoms with E-state index in [-0.39, 0.29) is 5.91 Å². The molecule has 0 spiro atoms. The van der Waals surface area contributed by atoms with Gasteiger partial charge in [-0.25, -0.2) is 0 Å². The van der Waals surface area contributed by atoms with Crippen LogP contribution in [0.4, 0.5) is 5.69 Å². The molecule has 4 aromatic rings. The van der Waals surface area contributed by atoms with E-state index in [1.165, 1.54) is 22.5 Å². The van der Waals surface area contributed by atoms with Crippen molar-refractivity contribution < 1.29 is 4.79 Å². The van der Waals surface area contributed by atoms with E-state index in [9.17, 15) is 4.79 Å². The third-order valence-corrected chi connectivity index (χ3v) is 5.39. The number of amides is 1. The van der Waals surface area contributed by atoms with Crippen molar-refractivity contribution >= 4 is 33.8 Å². The summed E-state index contributed by atoms with van der Waals surface area (Å²) in [6.07, 6.45) is 3.86. The molecule has 0 fully saturated rings. The van der Waals surface area contributed by atoms with Gasteiger partial charge in [0.25, 0.3) is 5.91 Å². The van der Waals surface area contributed by atoms with Crippen LogP contribution < -0.4 is 5.32 Å². The molecule has 1 aliphatic rings. The Labute approximate surface area is 141 Å². The minimum Gasteiger partial charge on any atom is -0.353 e. The fraction of sp³-hybridized carbons (Fsp3) is 0.111. The van der Waals surface area contributed by atoms with Gasteiger partial charge in [0.15, 0.2) is 0 Å². The molecule has 24 heavy (non-hydrogen) atoms. The van der Waals surface area contributed by atoms with E-state index in [1.54, 1.807) is 0 Å². The number of nitrogens with one attached hydrogen (secondary N) is 3. The Morgan fingerprint density at radius 1 is 1.21 bits per heavy atom. The number of benzene rings is 1. The van der Waals surface area contributed by atoms with Crippen LogP contribution in [0.3, 0.4) is 0 Å². The van der Waals surface area contributed by atoms with E-state index in [4.69, 9.17) is 0 Å². The zero-order valence-corrected chi connectivity index (χ0v) is 13.5. The van der Waals surface area contributed by atoms with Gasteiger partial charge in [0.05, 0.1) is 22.5 Å². The van der Waals surface area contributed by atoms with Crippen molar-refractivity contribution in [3.63, 3.8) is 0 Å². The number of rotatable bonds is 2. The zero-order valence-electron chi connectivity index (χ0n) is 12.7. The number of hydrogen-bond acceptors (Lipinski definition) is 3. The van der Waals surface area contributed by atoms with Crippen LogP contribution in [0, 0.1) is 0 Å². The van der Waals surface area contributed by atoms with Crippen molar-refractivity contribution in [3.05, 3.63) is 57.9 Å². The highest BCUT2D eigenvalue weighted by atomic mass is 32.1. The van der Waals surface area contributed by atoms with Crippen molar-refractivity contribution in [1.82, 2.24) is 15.2 Å². The van der Waals surface area contributed by atoms with Crippen LogP contribution >= 0.6 is 11.3 Å². The smallest absolute Gasteiger partial charge is 0.265 e. The van der Waals surface area contributed by atoms with Crippen LogP contribution in [0.25, 0.3) is 22.3 Å². The molecule has 0 unspecified atom stereocenters. The molecule has 0 radical (unpaired) electrons. The lowest BCUT2D eigenvalue weighted by molar-refractivity contribution is 0.103. The van der Waals surface area contributed by atoms with Gasteiger partial charge in [-0.2, -0.15) is 5.10 Å². The van der Waals surface area contributed by atoms with E-state index in [2.05, 4.69) is 26.6 Å². The lowest BCUT2D eigenvalue weighted by atomic mass is 9.94. The maximum Gasteiger partial charge on any atom is 0.265 e. The van der Waals surface area contributed by atoms with E-state index in [1.807, 2.05) is 35.8 Å². The Hall–Kier alpha value is -2.86. The third-order valence-electron chi connectivity index (χ3n) is 4.52. The first-order valence-electron chi connectivity index (χ1n) is 7.81. The average molecular weight is 334 g/mol. The number of aromatic amines is 2. The average Bonchev–Trinajstić information content (AvgIpc) is 3.32. The second-order valence-corrected chi connectivity index (χ2v) is 6.89. The molecule has 0 aliphatic heterocycles. The van der Waals surface area contributed by atoms with Crippen molar-refractivity contribution in [2.45, 2.75) is 12.8 Å². The predicted molar refractivity (Wildman–Crippen MR) is 95.6 cm³/mol. The van der Waals surface area contributed by atoms with Crippen LogP contribution in [0.1, 0.15) is 20.8 Å². The van der Waals surface area contributed by atoms with E-state index in [0.717, 1.165) is 40.8 Å². The Balaban J connectivity index is 1.56. The fourth-order valence-corrected chi connectivity index (χ4v) is 3.99. The summed E-state index contributed by atoms with van der Waals surface area (Å²) < 4.78 is 0. The first-order chi connectivity index (χ1) is 11.8. The minimum absolute atomic E-state index is 0.0652. The van der Waals surface area contributed by atoms with Crippen LogP contribution in [0.2, 0.25) is 0 Å². The molecule has 0 bridgehead atoms. The van der Waals surface area contributed by atoms with Crippen molar-refractivity contribution in [3.8, 4) is 11.4 Å². The number of thiophene rings is 1. The van der Waals surface area contributed by atoms with Gasteiger partial charge in [-0.1, -0.05) is 6.07 Å². The minimum atomic E-state index is -0.0652. The molecule has 3 heterocycles. The van der Waals surface area contributed by atoms with Gasteiger partial charge in [-0.3, -0.25) is 9.89 Å². The Bertz CT molecular complexity index is 1060. The molecule has 1 aliphatic carbocycles. The molecule has 0 saturated heterocycles. The molecule has 0 atom stereocenters. The van der Waals surface area contributed by atoms with Crippen molar-refractivity contribution in [2.75, 3.05) is 5.32 Å². The molecule has 1 amide bonds. The highest BCUT2D eigenvalue weighted by Crippen LogP contribution is 2.37. The fourth-order valence-electron chi connectivity index (χ4n) is 3.38. The number of aryl methyl sites for hydroxylation is 2. The lowest BCUT2D eigenvalue weighted by Crippen LogP contribution is -2.09. The van der Waals surface area contributed by atoms with Crippen LogP contribution in [-0.4, -0.2) is 21.1 Å². The quantitative estimate of drug-likeness (QED) is 0.519. The topological polar surface area (TPSA) is 73.6 Å². The summed E-state index contributed by atoms with van der Waals surface area (Å²) in [6, 6.07) is 9.72. The highest BCUT2D eigenvalue weighted by Gasteiger charge is 2.22. The van der Waals surface area contributed by atoms with Gasteiger partial charge in [0, 0.05) is 16.6 Å². The molecule has 0 saturated carbocycles. The summed E-state index contributed by atoms with van der Waals surface area (Å²) >= 11 is 1.44. The molecule has 5 nitrogen and oxygen atoms in total. The molecule has 118 valence electrons. The van der Waals surface area contributed by atoms with Gasteiger partial charge in [-0.15, -0.1) is 11.3 Å². The number of hydrogen-bond donors (Lipinski definition) is 3. The van der Waals surface area contributed by atoms with Gasteiger partial charge in [0.2, 0.25) is 0 Å². The Morgan fingerprint density at radius 2 is 2.17 bits per heavy atom. The number of anilines is 1. The predicted octanol–water partition coefficient (Wildman–Crippen LogP) is 3.97. The highest BCUT2D eigenvalue weighted by molar-refractivity contribution is 7.12. The van der Waals surface area contributed by atoms with E-state index >= 15 is 0 Å². The summed E-state index contributed by atoms with van der Waals surface area (Å²) in [4.78, 5) is 16.4. The first-order valence-corrected chi connectivity index (χ1v) is 8.69. The molecule has 3 N–H and O–H groups in total. The van der Waals surface area contributed by atoms with Crippen molar-refractivity contribution in [1.29, 1.82) is 0 Å². The summed E-state index contributed by atoms with van der Waals surface area (Å²) in [7, 11) is 0. The number of carbonyl (C=O) groups excluding carboxylic acids is 1. The number of carbonyl (C=O) groups is 1. The molecule has 5 rings (SSSR count). The Morgan fingerprint density at radius 3 is 3.04 bits per heavy atom.